The molecule has 0 unspecified atom stereocenters. The van der Waals surface area contributed by atoms with Gasteiger partial charge in [-0.2, -0.15) is 0 Å². The molecule has 2 atom stereocenters. The van der Waals surface area contributed by atoms with E-state index >= 15 is 0 Å². The SMILES string of the molecule is Cc1n([C@@H]2CC[C@H](C(C(N)=O)(c3ccccc3)c3ccccc3)C2)cc[n+]1Cc1cccc(F)c1. The van der Waals surface area contributed by atoms with Crippen LogP contribution in [0.4, 0.5) is 4.39 Å². The summed E-state index contributed by atoms with van der Waals surface area (Å²) in [6, 6.07) is 27.0. The summed E-state index contributed by atoms with van der Waals surface area (Å²) in [7, 11) is 0. The van der Waals surface area contributed by atoms with Crippen LogP contribution in [-0.2, 0) is 16.8 Å². The van der Waals surface area contributed by atoms with Crippen LogP contribution in [0.5, 0.6) is 0 Å². The third-order valence-electron chi connectivity index (χ3n) is 7.70. The molecule has 2 N–H and O–H groups in total. The zero-order valence-electron chi connectivity index (χ0n) is 20.0. The average molecular weight is 469 g/mol. The van der Waals surface area contributed by atoms with Crippen LogP contribution in [0.2, 0.25) is 0 Å². The third kappa shape index (κ3) is 4.16. The van der Waals surface area contributed by atoms with Crippen molar-refractivity contribution in [3.8, 4) is 0 Å². The van der Waals surface area contributed by atoms with Crippen molar-refractivity contribution in [2.75, 3.05) is 0 Å². The van der Waals surface area contributed by atoms with Crippen LogP contribution in [0.25, 0.3) is 0 Å². The first-order valence-electron chi connectivity index (χ1n) is 12.2. The molecule has 0 saturated heterocycles. The van der Waals surface area contributed by atoms with E-state index in [1.807, 2.05) is 66.7 Å². The van der Waals surface area contributed by atoms with E-state index in [4.69, 9.17) is 5.73 Å². The third-order valence-corrected chi connectivity index (χ3v) is 7.70. The average Bonchev–Trinajstić information content (AvgIpc) is 3.48. The van der Waals surface area contributed by atoms with Crippen LogP contribution in [-0.4, -0.2) is 10.5 Å². The van der Waals surface area contributed by atoms with Crippen molar-refractivity contribution in [3.05, 3.63) is 126 Å². The van der Waals surface area contributed by atoms with Crippen molar-refractivity contribution in [1.29, 1.82) is 0 Å². The molecule has 4 nitrogen and oxygen atoms in total. The van der Waals surface area contributed by atoms with Gasteiger partial charge in [0.15, 0.2) is 0 Å². The molecule has 3 aromatic carbocycles. The topological polar surface area (TPSA) is 51.9 Å². The summed E-state index contributed by atoms with van der Waals surface area (Å²) in [6.07, 6.45) is 6.89. The number of imidazole rings is 1. The van der Waals surface area contributed by atoms with Gasteiger partial charge in [-0.1, -0.05) is 72.8 Å². The standard InChI is InChI=1S/C30H30FN3O/c1-22-33(21-23-9-8-14-27(31)19-23)17-18-34(22)28-16-15-26(20-28)30(29(32)35,24-10-4-2-5-11-24)25-12-6-3-7-13-25/h2-14,17-19,26,28H,15-16,20-21H2,1H3,(H-,32,35)/p+1/t26-,28+/m0/s1. The summed E-state index contributed by atoms with van der Waals surface area (Å²) in [5.41, 5.74) is 8.21. The molecule has 0 spiro atoms. The van der Waals surface area contributed by atoms with Crippen molar-refractivity contribution in [2.24, 2.45) is 11.7 Å². The molecule has 1 aliphatic carbocycles. The fraction of sp³-hybridized carbons (Fsp3) is 0.267. The van der Waals surface area contributed by atoms with Gasteiger partial charge < -0.3 is 5.73 Å². The molecule has 1 aromatic heterocycles. The lowest BCUT2D eigenvalue weighted by Crippen LogP contribution is -2.47. The molecule has 1 aliphatic rings. The van der Waals surface area contributed by atoms with E-state index in [0.717, 1.165) is 41.8 Å². The Labute approximate surface area is 205 Å². The van der Waals surface area contributed by atoms with Gasteiger partial charge in [0.25, 0.3) is 5.82 Å². The molecular formula is C30H31FN3O+. The number of amides is 1. The number of primary amides is 1. The Morgan fingerprint density at radius 2 is 1.66 bits per heavy atom. The summed E-state index contributed by atoms with van der Waals surface area (Å²) in [5, 5.41) is 0. The minimum absolute atomic E-state index is 0.0771. The van der Waals surface area contributed by atoms with E-state index in [2.05, 4.69) is 28.5 Å². The number of hydrogen-bond donors (Lipinski definition) is 1. The molecule has 5 heteroatoms. The fourth-order valence-corrected chi connectivity index (χ4v) is 6.03. The lowest BCUT2D eigenvalue weighted by molar-refractivity contribution is -0.694. The molecule has 0 bridgehead atoms. The number of rotatable bonds is 7. The monoisotopic (exact) mass is 468 g/mol. The van der Waals surface area contributed by atoms with Gasteiger partial charge in [-0.05, 0) is 54.0 Å². The predicted molar refractivity (Wildman–Crippen MR) is 134 cm³/mol. The van der Waals surface area contributed by atoms with Gasteiger partial charge in [0.05, 0.1) is 0 Å². The highest BCUT2D eigenvalue weighted by atomic mass is 19.1. The zero-order valence-corrected chi connectivity index (χ0v) is 20.0. The number of nitrogens with zero attached hydrogens (tertiary/aromatic N) is 2. The van der Waals surface area contributed by atoms with Gasteiger partial charge in [-0.15, -0.1) is 0 Å². The molecule has 5 rings (SSSR count). The molecule has 0 radical (unpaired) electrons. The van der Waals surface area contributed by atoms with Crippen LogP contribution in [0.15, 0.2) is 97.3 Å². The molecule has 4 aromatic rings. The van der Waals surface area contributed by atoms with Gasteiger partial charge in [-0.25, -0.2) is 13.5 Å². The molecular weight excluding hydrogens is 437 g/mol. The number of benzene rings is 3. The maximum absolute atomic E-state index is 13.7. The van der Waals surface area contributed by atoms with Crippen molar-refractivity contribution in [1.82, 2.24) is 4.57 Å². The van der Waals surface area contributed by atoms with Crippen LogP contribution in [0, 0.1) is 18.7 Å². The van der Waals surface area contributed by atoms with Crippen molar-refractivity contribution in [2.45, 2.75) is 44.2 Å². The van der Waals surface area contributed by atoms with E-state index in [9.17, 15) is 9.18 Å². The summed E-state index contributed by atoms with van der Waals surface area (Å²) in [5.74, 6) is 0.673. The first-order valence-corrected chi connectivity index (χ1v) is 12.2. The lowest BCUT2D eigenvalue weighted by Gasteiger charge is -2.37. The van der Waals surface area contributed by atoms with Crippen molar-refractivity contribution in [3.63, 3.8) is 0 Å². The summed E-state index contributed by atoms with van der Waals surface area (Å²) in [4.78, 5) is 13.3. The minimum atomic E-state index is -0.879. The number of nitrogens with two attached hydrogens (primary N) is 1. The quantitative estimate of drug-likeness (QED) is 0.378. The Bertz CT molecular complexity index is 1280. The van der Waals surface area contributed by atoms with Gasteiger partial charge in [0.2, 0.25) is 5.91 Å². The maximum Gasteiger partial charge on any atom is 0.253 e. The van der Waals surface area contributed by atoms with Crippen molar-refractivity contribution < 1.29 is 13.8 Å². The lowest BCUT2D eigenvalue weighted by atomic mass is 9.64. The second kappa shape index (κ2) is 9.49. The van der Waals surface area contributed by atoms with Gasteiger partial charge in [0.1, 0.15) is 36.2 Å². The number of halogens is 1. The number of hydrogen-bond acceptors (Lipinski definition) is 1. The van der Waals surface area contributed by atoms with E-state index in [0.29, 0.717) is 6.54 Å². The molecule has 178 valence electrons. The molecule has 1 amide bonds. The Balaban J connectivity index is 1.47. The van der Waals surface area contributed by atoms with Crippen LogP contribution >= 0.6 is 0 Å². The highest BCUT2D eigenvalue weighted by molar-refractivity contribution is 5.91. The highest BCUT2D eigenvalue weighted by Gasteiger charge is 2.51. The molecule has 1 fully saturated rings. The Kier molecular flexibility index (Phi) is 6.25. The second-order valence-corrected chi connectivity index (χ2v) is 9.58. The Hall–Kier alpha value is -3.73. The van der Waals surface area contributed by atoms with Gasteiger partial charge >= 0.3 is 0 Å². The van der Waals surface area contributed by atoms with Crippen LogP contribution in [0.1, 0.15) is 47.8 Å². The Morgan fingerprint density at radius 1 is 1.00 bits per heavy atom. The highest BCUT2D eigenvalue weighted by Crippen LogP contribution is 2.49. The summed E-state index contributed by atoms with van der Waals surface area (Å²) >= 11 is 0. The van der Waals surface area contributed by atoms with Crippen LogP contribution < -0.4 is 10.3 Å². The maximum atomic E-state index is 13.7. The van der Waals surface area contributed by atoms with E-state index in [1.54, 1.807) is 12.1 Å². The van der Waals surface area contributed by atoms with Gasteiger partial charge in [0, 0.05) is 6.92 Å². The van der Waals surface area contributed by atoms with E-state index < -0.39 is 5.41 Å². The smallest absolute Gasteiger partial charge is 0.253 e. The number of aromatic nitrogens is 2. The summed E-state index contributed by atoms with van der Waals surface area (Å²) in [6.45, 7) is 2.72. The largest absolute Gasteiger partial charge is 0.369 e. The first-order chi connectivity index (χ1) is 17.0. The van der Waals surface area contributed by atoms with E-state index in [1.165, 1.54) is 6.07 Å². The zero-order chi connectivity index (χ0) is 24.4. The van der Waals surface area contributed by atoms with Gasteiger partial charge in [-0.3, -0.25) is 4.79 Å². The second-order valence-electron chi connectivity index (χ2n) is 9.58. The predicted octanol–water partition coefficient (Wildman–Crippen LogP) is 5.08. The normalized spacial score (nSPS) is 18.0. The Morgan fingerprint density at radius 3 is 2.26 bits per heavy atom. The van der Waals surface area contributed by atoms with Crippen LogP contribution in [0.3, 0.4) is 0 Å². The minimum Gasteiger partial charge on any atom is -0.369 e. The van der Waals surface area contributed by atoms with E-state index in [-0.39, 0.29) is 23.7 Å². The summed E-state index contributed by atoms with van der Waals surface area (Å²) < 4.78 is 18.1. The molecule has 1 saturated carbocycles. The van der Waals surface area contributed by atoms with Crippen molar-refractivity contribution >= 4 is 5.91 Å². The number of carbonyl (C=O) groups excluding carboxylic acids is 1. The first kappa shape index (κ1) is 23.0. The molecule has 0 aliphatic heterocycles. The number of carbonyl (C=O) groups is 1. The molecule has 35 heavy (non-hydrogen) atoms. The fourth-order valence-electron chi connectivity index (χ4n) is 6.03. The molecule has 1 heterocycles.